The number of hydrogen-bond donors (Lipinski definition) is 2. The number of pyridine rings is 1. The van der Waals surface area contributed by atoms with Gasteiger partial charge >= 0.3 is 0 Å². The normalized spacial score (nSPS) is 15.5. The number of nitrogens with zero attached hydrogens (tertiary/aromatic N) is 2. The number of carbonyl (C=O) groups excluding carboxylic acids is 1. The Balaban J connectivity index is 1.39. The van der Waals surface area contributed by atoms with E-state index in [1.807, 2.05) is 31.2 Å². The molecule has 3 heterocycles. The van der Waals surface area contributed by atoms with Gasteiger partial charge in [-0.2, -0.15) is 0 Å². The Labute approximate surface area is 184 Å². The van der Waals surface area contributed by atoms with Gasteiger partial charge in [0.15, 0.2) is 0 Å². The SMILES string of the molecule is Cc1oc(-c2ccc(C(=O)NCc3cccnc3)cc2)nc1CS(=O)C1CCNCC1. The highest BCUT2D eigenvalue weighted by atomic mass is 32.2. The summed E-state index contributed by atoms with van der Waals surface area (Å²) in [5.74, 6) is 1.43. The minimum Gasteiger partial charge on any atom is -0.441 e. The van der Waals surface area contributed by atoms with Crippen molar-refractivity contribution in [3.8, 4) is 11.5 Å². The zero-order valence-electron chi connectivity index (χ0n) is 17.5. The van der Waals surface area contributed by atoms with Crippen LogP contribution in [0.2, 0.25) is 0 Å². The number of nitrogens with one attached hydrogen (secondary N) is 2. The highest BCUT2D eigenvalue weighted by Gasteiger charge is 2.22. The van der Waals surface area contributed by atoms with Crippen LogP contribution in [0.5, 0.6) is 0 Å². The first-order chi connectivity index (χ1) is 15.1. The molecule has 1 saturated heterocycles. The lowest BCUT2D eigenvalue weighted by Gasteiger charge is -2.21. The van der Waals surface area contributed by atoms with Gasteiger partial charge in [-0.25, -0.2) is 4.98 Å². The summed E-state index contributed by atoms with van der Waals surface area (Å²) in [6.45, 7) is 4.11. The fourth-order valence-corrected chi connectivity index (χ4v) is 5.08. The molecule has 31 heavy (non-hydrogen) atoms. The maximum absolute atomic E-state index is 12.7. The molecule has 4 rings (SSSR count). The van der Waals surface area contributed by atoms with Crippen LogP contribution >= 0.6 is 0 Å². The molecule has 1 aliphatic rings. The number of hydrogen-bond acceptors (Lipinski definition) is 6. The van der Waals surface area contributed by atoms with Crippen molar-refractivity contribution >= 4 is 16.7 Å². The summed E-state index contributed by atoms with van der Waals surface area (Å²) < 4.78 is 18.5. The van der Waals surface area contributed by atoms with Crippen LogP contribution in [0.4, 0.5) is 0 Å². The van der Waals surface area contributed by atoms with Crippen molar-refractivity contribution in [1.29, 1.82) is 0 Å². The Kier molecular flexibility index (Phi) is 6.89. The van der Waals surface area contributed by atoms with Crippen molar-refractivity contribution < 1.29 is 13.4 Å². The second kappa shape index (κ2) is 9.98. The third-order valence-corrected chi connectivity index (χ3v) is 7.17. The first-order valence-electron chi connectivity index (χ1n) is 10.4. The molecular weight excluding hydrogens is 412 g/mol. The van der Waals surface area contributed by atoms with E-state index in [1.165, 1.54) is 0 Å². The molecule has 2 aromatic heterocycles. The number of aromatic nitrogens is 2. The van der Waals surface area contributed by atoms with Gasteiger partial charge in [-0.1, -0.05) is 6.07 Å². The van der Waals surface area contributed by atoms with E-state index in [0.717, 1.165) is 42.8 Å². The topological polar surface area (TPSA) is 97.1 Å². The van der Waals surface area contributed by atoms with Crippen LogP contribution in [-0.4, -0.2) is 38.4 Å². The zero-order valence-corrected chi connectivity index (χ0v) is 18.3. The molecule has 7 nitrogen and oxygen atoms in total. The maximum atomic E-state index is 12.7. The van der Waals surface area contributed by atoms with Crippen LogP contribution in [0.3, 0.4) is 0 Å². The van der Waals surface area contributed by atoms with Gasteiger partial charge in [0.2, 0.25) is 5.89 Å². The molecule has 8 heteroatoms. The molecule has 0 spiro atoms. The third kappa shape index (κ3) is 5.45. The summed E-state index contributed by atoms with van der Waals surface area (Å²) in [5.41, 5.74) is 3.02. The van der Waals surface area contributed by atoms with Crippen LogP contribution in [-0.2, 0) is 23.1 Å². The highest BCUT2D eigenvalue weighted by Crippen LogP contribution is 2.24. The van der Waals surface area contributed by atoms with Gasteiger partial charge in [-0.3, -0.25) is 14.0 Å². The molecule has 0 aliphatic carbocycles. The van der Waals surface area contributed by atoms with Gasteiger partial charge in [0.1, 0.15) is 5.76 Å². The Morgan fingerprint density at radius 3 is 2.71 bits per heavy atom. The van der Waals surface area contributed by atoms with Crippen molar-refractivity contribution in [2.45, 2.75) is 37.3 Å². The van der Waals surface area contributed by atoms with Crippen LogP contribution in [0, 0.1) is 6.92 Å². The second-order valence-electron chi connectivity index (χ2n) is 7.62. The van der Waals surface area contributed by atoms with Gasteiger partial charge in [-0.15, -0.1) is 0 Å². The number of oxazole rings is 1. The van der Waals surface area contributed by atoms with Gasteiger partial charge in [0.25, 0.3) is 5.91 Å². The molecule has 2 N–H and O–H groups in total. The summed E-state index contributed by atoms with van der Waals surface area (Å²) in [7, 11) is -0.959. The quantitative estimate of drug-likeness (QED) is 0.589. The maximum Gasteiger partial charge on any atom is 0.251 e. The van der Waals surface area contributed by atoms with Crippen molar-refractivity contribution in [2.24, 2.45) is 0 Å². The fraction of sp³-hybridized carbons (Fsp3) is 0.348. The lowest BCUT2D eigenvalue weighted by atomic mass is 10.1. The summed E-state index contributed by atoms with van der Waals surface area (Å²) in [5, 5.41) is 6.40. The van der Waals surface area contributed by atoms with Crippen molar-refractivity contribution in [1.82, 2.24) is 20.6 Å². The summed E-state index contributed by atoms with van der Waals surface area (Å²) in [6, 6.07) is 10.9. The minimum absolute atomic E-state index is 0.156. The first-order valence-corrected chi connectivity index (χ1v) is 11.8. The third-order valence-electron chi connectivity index (χ3n) is 5.40. The lowest BCUT2D eigenvalue weighted by Crippen LogP contribution is -2.33. The van der Waals surface area contributed by atoms with Gasteiger partial charge in [-0.05, 0) is 68.8 Å². The molecule has 162 valence electrons. The highest BCUT2D eigenvalue weighted by molar-refractivity contribution is 7.84. The fourth-order valence-electron chi connectivity index (χ4n) is 3.55. The summed E-state index contributed by atoms with van der Waals surface area (Å²) in [6.07, 6.45) is 5.29. The average Bonchev–Trinajstić information content (AvgIpc) is 3.19. The van der Waals surface area contributed by atoms with E-state index in [-0.39, 0.29) is 11.2 Å². The monoisotopic (exact) mass is 438 g/mol. The van der Waals surface area contributed by atoms with Crippen LogP contribution in [0.1, 0.15) is 40.2 Å². The van der Waals surface area contributed by atoms with E-state index in [4.69, 9.17) is 4.42 Å². The minimum atomic E-state index is -0.959. The standard InChI is InChI=1S/C23H26N4O3S/c1-16-21(15-31(29)20-8-11-24-12-9-20)27-23(30-16)19-6-4-18(5-7-19)22(28)26-14-17-3-2-10-25-13-17/h2-7,10,13,20,24H,8-9,11-12,14-15H2,1H3,(H,26,28). The Morgan fingerprint density at radius 2 is 2.00 bits per heavy atom. The summed E-state index contributed by atoms with van der Waals surface area (Å²) in [4.78, 5) is 21.0. The summed E-state index contributed by atoms with van der Waals surface area (Å²) >= 11 is 0. The predicted molar refractivity (Wildman–Crippen MR) is 120 cm³/mol. The largest absolute Gasteiger partial charge is 0.441 e. The van der Waals surface area contributed by atoms with Crippen molar-refractivity contribution in [2.75, 3.05) is 13.1 Å². The number of benzene rings is 1. The number of rotatable bonds is 7. The van der Waals surface area contributed by atoms with E-state index in [2.05, 4.69) is 20.6 Å². The lowest BCUT2D eigenvalue weighted by molar-refractivity contribution is 0.0951. The molecule has 1 atom stereocenters. The Bertz CT molecular complexity index is 1040. The number of piperidine rings is 1. The van der Waals surface area contributed by atoms with E-state index >= 15 is 0 Å². The van der Waals surface area contributed by atoms with Crippen LogP contribution in [0.15, 0.2) is 53.2 Å². The average molecular weight is 439 g/mol. The predicted octanol–water partition coefficient (Wildman–Crippen LogP) is 2.98. The van der Waals surface area contributed by atoms with E-state index < -0.39 is 10.8 Å². The zero-order chi connectivity index (χ0) is 21.6. The second-order valence-corrected chi connectivity index (χ2v) is 9.33. The molecule has 3 aromatic rings. The smallest absolute Gasteiger partial charge is 0.251 e. The molecule has 1 aromatic carbocycles. The van der Waals surface area contributed by atoms with Gasteiger partial charge < -0.3 is 15.1 Å². The number of amides is 1. The number of carbonyl (C=O) groups is 1. The van der Waals surface area contributed by atoms with E-state index in [1.54, 1.807) is 24.5 Å². The molecular formula is C23H26N4O3S. The van der Waals surface area contributed by atoms with Gasteiger partial charge in [0, 0.05) is 46.1 Å². The molecule has 1 unspecified atom stereocenters. The molecule has 0 bridgehead atoms. The van der Waals surface area contributed by atoms with Crippen LogP contribution < -0.4 is 10.6 Å². The first kappa shape index (κ1) is 21.4. The molecule has 1 fully saturated rings. The van der Waals surface area contributed by atoms with Gasteiger partial charge in [0.05, 0.1) is 11.4 Å². The molecule has 1 aliphatic heterocycles. The van der Waals surface area contributed by atoms with E-state index in [0.29, 0.717) is 29.5 Å². The van der Waals surface area contributed by atoms with E-state index in [9.17, 15) is 9.00 Å². The van der Waals surface area contributed by atoms with Crippen molar-refractivity contribution in [3.05, 3.63) is 71.4 Å². The Hall–Kier alpha value is -2.84. The van der Waals surface area contributed by atoms with Crippen molar-refractivity contribution in [3.63, 3.8) is 0 Å². The number of aryl methyl sites for hydroxylation is 1. The Morgan fingerprint density at radius 1 is 1.23 bits per heavy atom. The molecule has 0 saturated carbocycles. The molecule has 1 amide bonds. The van der Waals surface area contributed by atoms with Crippen LogP contribution in [0.25, 0.3) is 11.5 Å². The molecule has 0 radical (unpaired) electrons.